The molecule has 1 amide bonds. The van der Waals surface area contributed by atoms with Crippen molar-refractivity contribution in [2.45, 2.75) is 44.1 Å². The molecule has 7 nitrogen and oxygen atoms in total. The van der Waals surface area contributed by atoms with Crippen molar-refractivity contribution in [3.05, 3.63) is 94.8 Å². The van der Waals surface area contributed by atoms with E-state index >= 15 is 0 Å². The Hall–Kier alpha value is -4.31. The van der Waals surface area contributed by atoms with Gasteiger partial charge in [-0.2, -0.15) is 0 Å². The van der Waals surface area contributed by atoms with Crippen molar-refractivity contribution in [2.24, 2.45) is 5.92 Å². The second-order valence-corrected chi connectivity index (χ2v) is 9.63. The molecule has 7 heteroatoms. The minimum absolute atomic E-state index is 0.0531. The zero-order valence-corrected chi connectivity index (χ0v) is 20.4. The summed E-state index contributed by atoms with van der Waals surface area (Å²) >= 11 is 0. The van der Waals surface area contributed by atoms with Crippen LogP contribution in [-0.2, 0) is 28.0 Å². The first-order valence-electron chi connectivity index (χ1n) is 12.5. The summed E-state index contributed by atoms with van der Waals surface area (Å²) in [5, 5.41) is 12.0. The quantitative estimate of drug-likeness (QED) is 0.360. The van der Waals surface area contributed by atoms with Crippen molar-refractivity contribution in [3.8, 4) is 11.5 Å². The minimum atomic E-state index is -0.852. The monoisotopic (exact) mass is 496 g/mol. The molecule has 3 aromatic rings. The third kappa shape index (κ3) is 5.29. The van der Waals surface area contributed by atoms with Crippen LogP contribution in [0.25, 0.3) is 4.85 Å². The van der Waals surface area contributed by atoms with E-state index in [0.29, 0.717) is 37.4 Å². The molecule has 188 valence electrons. The Morgan fingerprint density at radius 1 is 1.14 bits per heavy atom. The molecule has 0 bridgehead atoms. The molecule has 1 aliphatic heterocycles. The molecule has 2 N–H and O–H groups in total. The minimum Gasteiger partial charge on any atom is -0.493 e. The SMILES string of the molecule is [C-]#[N+]c1ccc(CCCC(=O)O)c(NC(=O)[C@@H]2C[C@]23CCOc2cc(OCc4ccccc4)ccc23)c1. The summed E-state index contributed by atoms with van der Waals surface area (Å²) in [6.07, 6.45) is 2.52. The maximum Gasteiger partial charge on any atom is 0.303 e. The number of amides is 1. The van der Waals surface area contributed by atoms with Crippen LogP contribution in [0.15, 0.2) is 66.7 Å². The van der Waals surface area contributed by atoms with Crippen molar-refractivity contribution in [1.82, 2.24) is 0 Å². The third-order valence-corrected chi connectivity index (χ3v) is 7.25. The van der Waals surface area contributed by atoms with Crippen molar-refractivity contribution >= 4 is 23.3 Å². The Bertz CT molecular complexity index is 1360. The molecule has 1 saturated carbocycles. The Labute approximate surface area is 215 Å². The van der Waals surface area contributed by atoms with Crippen LogP contribution in [0.3, 0.4) is 0 Å². The van der Waals surface area contributed by atoms with E-state index in [4.69, 9.17) is 21.2 Å². The van der Waals surface area contributed by atoms with E-state index in [9.17, 15) is 9.59 Å². The first-order chi connectivity index (χ1) is 18.0. The van der Waals surface area contributed by atoms with Gasteiger partial charge in [0.1, 0.15) is 18.1 Å². The Balaban J connectivity index is 1.29. The van der Waals surface area contributed by atoms with Crippen LogP contribution in [0, 0.1) is 12.5 Å². The fourth-order valence-electron chi connectivity index (χ4n) is 5.18. The molecule has 0 unspecified atom stereocenters. The molecule has 2 atom stereocenters. The average Bonchev–Trinajstić information content (AvgIpc) is 3.63. The molecule has 0 saturated heterocycles. The number of carbonyl (C=O) groups is 2. The van der Waals surface area contributed by atoms with Gasteiger partial charge >= 0.3 is 5.97 Å². The molecule has 1 aliphatic carbocycles. The second-order valence-electron chi connectivity index (χ2n) is 9.63. The van der Waals surface area contributed by atoms with Crippen molar-refractivity contribution in [1.29, 1.82) is 0 Å². The van der Waals surface area contributed by atoms with Gasteiger partial charge in [-0.1, -0.05) is 48.5 Å². The van der Waals surface area contributed by atoms with Gasteiger partial charge < -0.3 is 19.9 Å². The highest BCUT2D eigenvalue weighted by Crippen LogP contribution is 2.61. The molecule has 1 fully saturated rings. The predicted molar refractivity (Wildman–Crippen MR) is 139 cm³/mol. The van der Waals surface area contributed by atoms with Gasteiger partial charge in [-0.25, -0.2) is 4.85 Å². The Morgan fingerprint density at radius 3 is 2.76 bits per heavy atom. The van der Waals surface area contributed by atoms with E-state index in [0.717, 1.165) is 41.0 Å². The van der Waals surface area contributed by atoms with Crippen LogP contribution in [0.4, 0.5) is 11.4 Å². The number of carboxylic acid groups (broad SMARTS) is 1. The van der Waals surface area contributed by atoms with Crippen molar-refractivity contribution < 1.29 is 24.2 Å². The Morgan fingerprint density at radius 2 is 1.97 bits per heavy atom. The first-order valence-corrected chi connectivity index (χ1v) is 12.5. The molecule has 0 aromatic heterocycles. The number of aryl methyl sites for hydroxylation is 1. The predicted octanol–water partition coefficient (Wildman–Crippen LogP) is 5.90. The number of carboxylic acids is 1. The normalized spacial score (nSPS) is 19.3. The molecule has 2 aliphatic rings. The smallest absolute Gasteiger partial charge is 0.303 e. The number of hydrogen-bond acceptors (Lipinski definition) is 4. The maximum absolute atomic E-state index is 13.4. The third-order valence-electron chi connectivity index (χ3n) is 7.25. The molecule has 0 radical (unpaired) electrons. The summed E-state index contributed by atoms with van der Waals surface area (Å²) in [4.78, 5) is 27.8. The topological polar surface area (TPSA) is 89.2 Å². The van der Waals surface area contributed by atoms with Crippen LogP contribution < -0.4 is 14.8 Å². The van der Waals surface area contributed by atoms with E-state index < -0.39 is 5.97 Å². The van der Waals surface area contributed by atoms with Crippen LogP contribution in [0.5, 0.6) is 11.5 Å². The van der Waals surface area contributed by atoms with E-state index in [2.05, 4.69) is 10.2 Å². The summed E-state index contributed by atoms with van der Waals surface area (Å²) in [5.41, 5.74) is 3.70. The number of nitrogens with one attached hydrogen (secondary N) is 1. The summed E-state index contributed by atoms with van der Waals surface area (Å²) < 4.78 is 11.9. The van der Waals surface area contributed by atoms with Crippen LogP contribution in [0.2, 0.25) is 0 Å². The van der Waals surface area contributed by atoms with Gasteiger partial charge in [0.15, 0.2) is 5.69 Å². The zero-order valence-electron chi connectivity index (χ0n) is 20.4. The summed E-state index contributed by atoms with van der Waals surface area (Å²) in [6.45, 7) is 8.33. The number of aliphatic carboxylic acids is 1. The number of ether oxygens (including phenoxy) is 2. The standard InChI is InChI=1S/C30H28N2O5/c1-31-22-11-10-21(8-5-9-28(33)34)26(16-22)32-29(35)25-18-30(25)14-15-36-27-17-23(12-13-24(27)30)37-19-20-6-3-2-4-7-20/h2-4,6-7,10-13,16-17,25H,5,8-9,14-15,18-19H2,(H,32,35)(H,33,34)/t25-,30-/m0/s1. The fourth-order valence-corrected chi connectivity index (χ4v) is 5.18. The molecule has 3 aromatic carbocycles. The average molecular weight is 497 g/mol. The summed E-state index contributed by atoms with van der Waals surface area (Å²) in [5.74, 6) is 0.350. The van der Waals surface area contributed by atoms with Gasteiger partial charge in [0.05, 0.1) is 13.2 Å². The van der Waals surface area contributed by atoms with E-state index in [1.165, 1.54) is 0 Å². The highest BCUT2D eigenvalue weighted by atomic mass is 16.5. The summed E-state index contributed by atoms with van der Waals surface area (Å²) in [6, 6.07) is 21.0. The zero-order chi connectivity index (χ0) is 25.8. The Kier molecular flexibility index (Phi) is 6.82. The van der Waals surface area contributed by atoms with Crippen LogP contribution in [0.1, 0.15) is 42.4 Å². The summed E-state index contributed by atoms with van der Waals surface area (Å²) in [7, 11) is 0. The van der Waals surface area contributed by atoms with Crippen LogP contribution in [-0.4, -0.2) is 23.6 Å². The molecular formula is C30H28N2O5. The van der Waals surface area contributed by atoms with Gasteiger partial charge in [0, 0.05) is 35.1 Å². The lowest BCUT2D eigenvalue weighted by atomic mass is 9.87. The lowest BCUT2D eigenvalue weighted by molar-refractivity contribution is -0.137. The van der Waals surface area contributed by atoms with E-state index in [1.807, 2.05) is 48.5 Å². The van der Waals surface area contributed by atoms with Crippen molar-refractivity contribution in [3.63, 3.8) is 0 Å². The highest BCUT2D eigenvalue weighted by Gasteiger charge is 2.61. The lowest BCUT2D eigenvalue weighted by Crippen LogP contribution is -2.27. The number of carbonyl (C=O) groups excluding carboxylic acids is 1. The maximum atomic E-state index is 13.4. The number of nitrogens with zero attached hydrogens (tertiary/aromatic N) is 1. The van der Waals surface area contributed by atoms with E-state index in [-0.39, 0.29) is 23.7 Å². The number of hydrogen-bond donors (Lipinski definition) is 2. The molecular weight excluding hydrogens is 468 g/mol. The molecule has 37 heavy (non-hydrogen) atoms. The molecule has 1 spiro atoms. The number of rotatable bonds is 9. The number of fused-ring (bicyclic) bond motifs is 2. The number of benzene rings is 3. The van der Waals surface area contributed by atoms with Crippen molar-refractivity contribution in [2.75, 3.05) is 11.9 Å². The highest BCUT2D eigenvalue weighted by molar-refractivity contribution is 5.97. The molecule has 5 rings (SSSR count). The van der Waals surface area contributed by atoms with E-state index in [1.54, 1.807) is 18.2 Å². The van der Waals surface area contributed by atoms with Gasteiger partial charge in [-0.05, 0) is 48.9 Å². The second kappa shape index (κ2) is 10.4. The fraction of sp³-hybridized carbons (Fsp3) is 0.300. The van der Waals surface area contributed by atoms with Gasteiger partial charge in [-0.15, -0.1) is 0 Å². The number of anilines is 1. The van der Waals surface area contributed by atoms with Crippen LogP contribution >= 0.6 is 0 Å². The molecule has 1 heterocycles. The lowest BCUT2D eigenvalue weighted by Gasteiger charge is -2.27. The largest absolute Gasteiger partial charge is 0.493 e. The van der Waals surface area contributed by atoms with Gasteiger partial charge in [0.25, 0.3) is 0 Å². The van der Waals surface area contributed by atoms with Gasteiger partial charge in [-0.3, -0.25) is 9.59 Å². The van der Waals surface area contributed by atoms with Gasteiger partial charge in [0.2, 0.25) is 5.91 Å². The first kappa shape index (κ1) is 24.4.